The fraction of sp³-hybridized carbons (Fsp3) is 0.278. The van der Waals surface area contributed by atoms with Crippen molar-refractivity contribution in [1.29, 1.82) is 0 Å². The summed E-state index contributed by atoms with van der Waals surface area (Å²) in [5.41, 5.74) is 4.34. The molecule has 0 aromatic heterocycles. The summed E-state index contributed by atoms with van der Waals surface area (Å²) in [6, 6.07) is 11.4. The Kier molecular flexibility index (Phi) is 5.52. The molecule has 1 aliphatic heterocycles. The van der Waals surface area contributed by atoms with Gasteiger partial charge in [-0.15, -0.1) is 0 Å². The molecule has 9 heteroatoms. The normalized spacial score (nSPS) is 15.3. The lowest BCUT2D eigenvalue weighted by atomic mass is 10.2. The molecule has 0 amide bonds. The van der Waals surface area contributed by atoms with Gasteiger partial charge in [-0.2, -0.15) is 9.41 Å². The third kappa shape index (κ3) is 4.32. The summed E-state index contributed by atoms with van der Waals surface area (Å²) in [6.45, 7) is 2.84. The Morgan fingerprint density at radius 2 is 1.93 bits per heavy atom. The molecule has 2 aromatic carbocycles. The maximum absolute atomic E-state index is 12.6. The number of nitro benzene ring substituents is 1. The molecule has 2 aromatic rings. The van der Waals surface area contributed by atoms with Gasteiger partial charge in [-0.25, -0.2) is 8.42 Å². The third-order valence-corrected chi connectivity index (χ3v) is 6.20. The fourth-order valence-corrected chi connectivity index (χ4v) is 4.46. The number of hydrazone groups is 1. The maximum Gasteiger partial charge on any atom is 0.295 e. The van der Waals surface area contributed by atoms with Crippen LogP contribution in [0.3, 0.4) is 0 Å². The molecule has 0 unspecified atom stereocenters. The van der Waals surface area contributed by atoms with Gasteiger partial charge in [-0.05, 0) is 37.5 Å². The highest BCUT2D eigenvalue weighted by molar-refractivity contribution is 7.89. The van der Waals surface area contributed by atoms with E-state index in [4.69, 9.17) is 0 Å². The molecule has 0 saturated carbocycles. The molecule has 1 fully saturated rings. The molecule has 0 spiro atoms. The zero-order chi connectivity index (χ0) is 19.4. The van der Waals surface area contributed by atoms with Crippen LogP contribution in [0.25, 0.3) is 0 Å². The highest BCUT2D eigenvalue weighted by Gasteiger charge is 2.29. The monoisotopic (exact) mass is 388 g/mol. The standard InChI is InChI=1S/C18H20N4O4S/c1-14-5-4-6-15(11-14)13-19-20-17-8-7-16(12-18(17)22(23)24)27(25,26)21-9-2-3-10-21/h4-8,11-13,20H,2-3,9-10H2,1H3. The lowest BCUT2D eigenvalue weighted by molar-refractivity contribution is -0.384. The molecule has 1 saturated heterocycles. The first-order valence-electron chi connectivity index (χ1n) is 8.52. The van der Waals surface area contributed by atoms with Crippen molar-refractivity contribution in [3.05, 3.63) is 63.7 Å². The minimum atomic E-state index is -3.72. The molecule has 0 atom stereocenters. The van der Waals surface area contributed by atoms with E-state index in [0.717, 1.165) is 30.0 Å². The summed E-state index contributed by atoms with van der Waals surface area (Å²) in [6.07, 6.45) is 3.15. The SMILES string of the molecule is Cc1cccc(C=NNc2ccc(S(=O)(=O)N3CCCC3)cc2[N+](=O)[O-])c1. The van der Waals surface area contributed by atoms with E-state index in [2.05, 4.69) is 10.5 Å². The van der Waals surface area contributed by atoms with E-state index in [9.17, 15) is 18.5 Å². The van der Waals surface area contributed by atoms with Gasteiger partial charge in [0.1, 0.15) is 5.69 Å². The van der Waals surface area contributed by atoms with Gasteiger partial charge in [0, 0.05) is 19.2 Å². The molecular formula is C18H20N4O4S. The molecule has 1 heterocycles. The Bertz CT molecular complexity index is 983. The van der Waals surface area contributed by atoms with E-state index < -0.39 is 14.9 Å². The topological polar surface area (TPSA) is 105 Å². The number of nitrogens with one attached hydrogen (secondary N) is 1. The zero-order valence-electron chi connectivity index (χ0n) is 14.8. The second-order valence-electron chi connectivity index (χ2n) is 6.33. The quantitative estimate of drug-likeness (QED) is 0.465. The number of nitro groups is 1. The van der Waals surface area contributed by atoms with Crippen LogP contribution in [0.15, 0.2) is 52.5 Å². The fourth-order valence-electron chi connectivity index (χ4n) is 2.92. The number of sulfonamides is 1. The van der Waals surface area contributed by atoms with E-state index in [-0.39, 0.29) is 16.3 Å². The van der Waals surface area contributed by atoms with Crippen LogP contribution in [0.1, 0.15) is 24.0 Å². The van der Waals surface area contributed by atoms with Crippen molar-refractivity contribution in [2.45, 2.75) is 24.7 Å². The van der Waals surface area contributed by atoms with Crippen molar-refractivity contribution in [1.82, 2.24) is 4.31 Å². The van der Waals surface area contributed by atoms with E-state index in [1.165, 1.54) is 16.4 Å². The number of hydrogen-bond acceptors (Lipinski definition) is 6. The molecule has 0 bridgehead atoms. The predicted octanol–water partition coefficient (Wildman–Crippen LogP) is 3.13. The van der Waals surface area contributed by atoms with Crippen LogP contribution >= 0.6 is 0 Å². The van der Waals surface area contributed by atoms with Crippen LogP contribution in [0.4, 0.5) is 11.4 Å². The Morgan fingerprint density at radius 1 is 1.19 bits per heavy atom. The van der Waals surface area contributed by atoms with Crippen LogP contribution in [-0.2, 0) is 10.0 Å². The highest BCUT2D eigenvalue weighted by atomic mass is 32.2. The summed E-state index contributed by atoms with van der Waals surface area (Å²) >= 11 is 0. The largest absolute Gasteiger partial charge is 0.295 e. The summed E-state index contributed by atoms with van der Waals surface area (Å²) in [4.78, 5) is 10.7. The molecule has 1 aliphatic rings. The summed E-state index contributed by atoms with van der Waals surface area (Å²) in [5.74, 6) is 0. The number of rotatable bonds is 6. The van der Waals surface area contributed by atoms with Gasteiger partial charge in [-0.1, -0.05) is 29.8 Å². The van der Waals surface area contributed by atoms with Gasteiger partial charge in [0.25, 0.3) is 5.69 Å². The summed E-state index contributed by atoms with van der Waals surface area (Å²) in [5, 5.41) is 15.4. The van der Waals surface area contributed by atoms with Crippen molar-refractivity contribution < 1.29 is 13.3 Å². The van der Waals surface area contributed by atoms with Gasteiger partial charge in [0.2, 0.25) is 10.0 Å². The first-order valence-corrected chi connectivity index (χ1v) is 9.96. The number of hydrogen-bond donors (Lipinski definition) is 1. The Hall–Kier alpha value is -2.78. The highest BCUT2D eigenvalue weighted by Crippen LogP contribution is 2.30. The van der Waals surface area contributed by atoms with Gasteiger partial charge in [-0.3, -0.25) is 15.5 Å². The van der Waals surface area contributed by atoms with Gasteiger partial charge in [0.15, 0.2) is 0 Å². The Labute approximate surface area is 157 Å². The second-order valence-corrected chi connectivity index (χ2v) is 8.27. The van der Waals surface area contributed by atoms with Crippen molar-refractivity contribution in [3.8, 4) is 0 Å². The molecular weight excluding hydrogens is 368 g/mol. The number of anilines is 1. The Morgan fingerprint density at radius 3 is 2.59 bits per heavy atom. The average molecular weight is 388 g/mol. The van der Waals surface area contributed by atoms with Crippen molar-refractivity contribution in [2.75, 3.05) is 18.5 Å². The third-order valence-electron chi connectivity index (χ3n) is 4.31. The molecule has 0 aliphatic carbocycles. The Balaban J connectivity index is 1.85. The molecule has 0 radical (unpaired) electrons. The lowest BCUT2D eigenvalue weighted by Gasteiger charge is -2.15. The minimum absolute atomic E-state index is 0.0793. The number of aryl methyl sites for hydroxylation is 1. The summed E-state index contributed by atoms with van der Waals surface area (Å²) < 4.78 is 26.6. The first kappa shape index (κ1) is 19.0. The second kappa shape index (κ2) is 7.85. The van der Waals surface area contributed by atoms with E-state index >= 15 is 0 Å². The van der Waals surface area contributed by atoms with E-state index in [0.29, 0.717) is 13.1 Å². The molecule has 142 valence electrons. The van der Waals surface area contributed by atoms with Gasteiger partial charge in [0.05, 0.1) is 16.0 Å². The average Bonchev–Trinajstić information content (AvgIpc) is 3.17. The van der Waals surface area contributed by atoms with Crippen molar-refractivity contribution >= 4 is 27.6 Å². The first-order chi connectivity index (χ1) is 12.9. The molecule has 3 rings (SSSR count). The smallest absolute Gasteiger partial charge is 0.272 e. The molecule has 27 heavy (non-hydrogen) atoms. The van der Waals surface area contributed by atoms with Crippen LogP contribution in [0.2, 0.25) is 0 Å². The molecule has 1 N–H and O–H groups in total. The van der Waals surface area contributed by atoms with Crippen molar-refractivity contribution in [3.63, 3.8) is 0 Å². The number of benzene rings is 2. The lowest BCUT2D eigenvalue weighted by Crippen LogP contribution is -2.27. The minimum Gasteiger partial charge on any atom is -0.272 e. The van der Waals surface area contributed by atoms with Gasteiger partial charge >= 0.3 is 0 Å². The summed E-state index contributed by atoms with van der Waals surface area (Å²) in [7, 11) is -3.72. The van der Waals surface area contributed by atoms with Crippen LogP contribution in [0.5, 0.6) is 0 Å². The molecule has 8 nitrogen and oxygen atoms in total. The van der Waals surface area contributed by atoms with Crippen molar-refractivity contribution in [2.24, 2.45) is 5.10 Å². The zero-order valence-corrected chi connectivity index (χ0v) is 15.6. The maximum atomic E-state index is 12.6. The van der Waals surface area contributed by atoms with E-state index in [1.807, 2.05) is 31.2 Å². The number of nitrogens with zero attached hydrogens (tertiary/aromatic N) is 3. The van der Waals surface area contributed by atoms with Crippen LogP contribution in [-0.4, -0.2) is 37.0 Å². The predicted molar refractivity (Wildman–Crippen MR) is 103 cm³/mol. The van der Waals surface area contributed by atoms with Gasteiger partial charge < -0.3 is 0 Å². The van der Waals surface area contributed by atoms with Crippen LogP contribution in [0, 0.1) is 17.0 Å². The van der Waals surface area contributed by atoms with E-state index in [1.54, 1.807) is 6.21 Å². The van der Waals surface area contributed by atoms with Crippen LogP contribution < -0.4 is 5.43 Å².